The molecular formula is C15H24N2O4S2. The third-order valence-electron chi connectivity index (χ3n) is 3.46. The molecule has 0 atom stereocenters. The summed E-state index contributed by atoms with van der Waals surface area (Å²) in [4.78, 5) is 25.9. The zero-order valence-corrected chi connectivity index (χ0v) is 15.6. The van der Waals surface area contributed by atoms with Crippen molar-refractivity contribution in [1.29, 1.82) is 0 Å². The SMILES string of the molecule is Cc1cc(C(=O)CCC(=O)NCCCN(C)S(C)(=O)=O)c(C)s1. The molecule has 130 valence electrons. The molecule has 0 fully saturated rings. The largest absolute Gasteiger partial charge is 0.356 e. The van der Waals surface area contributed by atoms with Crippen LogP contribution in [0.3, 0.4) is 0 Å². The Labute approximate surface area is 141 Å². The normalized spacial score (nSPS) is 11.7. The van der Waals surface area contributed by atoms with Gasteiger partial charge in [0.25, 0.3) is 0 Å². The van der Waals surface area contributed by atoms with Crippen molar-refractivity contribution >= 4 is 33.1 Å². The Morgan fingerprint density at radius 1 is 1.26 bits per heavy atom. The number of carbonyl (C=O) groups excluding carboxylic acids is 2. The van der Waals surface area contributed by atoms with E-state index in [4.69, 9.17) is 0 Å². The molecule has 0 radical (unpaired) electrons. The highest BCUT2D eigenvalue weighted by Gasteiger charge is 2.14. The molecule has 0 aromatic carbocycles. The van der Waals surface area contributed by atoms with Crippen molar-refractivity contribution in [2.45, 2.75) is 33.1 Å². The second-order valence-electron chi connectivity index (χ2n) is 5.54. The molecule has 23 heavy (non-hydrogen) atoms. The fourth-order valence-corrected chi connectivity index (χ4v) is 3.46. The average molecular weight is 361 g/mol. The van der Waals surface area contributed by atoms with E-state index < -0.39 is 10.0 Å². The minimum absolute atomic E-state index is 0.0150. The van der Waals surface area contributed by atoms with Gasteiger partial charge in [0.1, 0.15) is 0 Å². The van der Waals surface area contributed by atoms with E-state index in [-0.39, 0.29) is 24.5 Å². The fraction of sp³-hybridized carbons (Fsp3) is 0.600. The Morgan fingerprint density at radius 3 is 2.43 bits per heavy atom. The van der Waals surface area contributed by atoms with E-state index in [1.807, 2.05) is 19.9 Å². The predicted octanol–water partition coefficient (Wildman–Crippen LogP) is 1.73. The van der Waals surface area contributed by atoms with Crippen molar-refractivity contribution in [3.8, 4) is 0 Å². The molecule has 0 aliphatic heterocycles. The zero-order valence-electron chi connectivity index (χ0n) is 14.0. The zero-order chi connectivity index (χ0) is 17.6. The van der Waals surface area contributed by atoms with Gasteiger partial charge in [0.05, 0.1) is 6.26 Å². The number of nitrogens with one attached hydrogen (secondary N) is 1. The van der Waals surface area contributed by atoms with Crippen molar-refractivity contribution in [3.63, 3.8) is 0 Å². The van der Waals surface area contributed by atoms with Gasteiger partial charge < -0.3 is 5.32 Å². The molecular weight excluding hydrogens is 336 g/mol. The fourth-order valence-electron chi connectivity index (χ4n) is 2.05. The molecule has 0 saturated carbocycles. The van der Waals surface area contributed by atoms with E-state index >= 15 is 0 Å². The van der Waals surface area contributed by atoms with E-state index in [9.17, 15) is 18.0 Å². The number of nitrogens with zero attached hydrogens (tertiary/aromatic N) is 1. The van der Waals surface area contributed by atoms with Crippen LogP contribution in [0.15, 0.2) is 6.07 Å². The van der Waals surface area contributed by atoms with E-state index in [0.29, 0.717) is 25.1 Å². The molecule has 1 rings (SSSR count). The van der Waals surface area contributed by atoms with Crippen molar-refractivity contribution in [1.82, 2.24) is 9.62 Å². The Morgan fingerprint density at radius 2 is 1.91 bits per heavy atom. The minimum Gasteiger partial charge on any atom is -0.356 e. The van der Waals surface area contributed by atoms with Crippen LogP contribution in [0.25, 0.3) is 0 Å². The molecule has 0 aliphatic carbocycles. The van der Waals surface area contributed by atoms with Gasteiger partial charge in [0, 0.05) is 48.3 Å². The smallest absolute Gasteiger partial charge is 0.220 e. The third kappa shape index (κ3) is 6.80. The van der Waals surface area contributed by atoms with Crippen molar-refractivity contribution in [2.75, 3.05) is 26.4 Å². The molecule has 0 saturated heterocycles. The standard InChI is InChI=1S/C15H24N2O4S2/c1-11-10-13(12(2)22-11)14(18)6-7-15(19)16-8-5-9-17(3)23(4,20)21/h10H,5-9H2,1-4H3,(H,16,19). The first-order chi connectivity index (χ1) is 10.6. The number of Topliss-reactive ketones (excluding diaryl/α,β-unsaturated/α-hetero) is 1. The summed E-state index contributed by atoms with van der Waals surface area (Å²) in [5, 5.41) is 2.71. The van der Waals surface area contributed by atoms with Gasteiger partial charge in [0.2, 0.25) is 15.9 Å². The lowest BCUT2D eigenvalue weighted by Gasteiger charge is -2.13. The summed E-state index contributed by atoms with van der Waals surface area (Å²) in [6.45, 7) is 4.60. The number of carbonyl (C=O) groups is 2. The maximum atomic E-state index is 12.1. The number of hydrogen-bond donors (Lipinski definition) is 1. The first kappa shape index (κ1) is 19.8. The Kier molecular flexibility index (Phi) is 7.37. The summed E-state index contributed by atoms with van der Waals surface area (Å²) in [7, 11) is -1.68. The molecule has 0 unspecified atom stereocenters. The van der Waals surface area contributed by atoms with Gasteiger partial charge in [-0.25, -0.2) is 12.7 Å². The molecule has 0 spiro atoms. The van der Waals surface area contributed by atoms with Gasteiger partial charge in [-0.05, 0) is 26.3 Å². The highest BCUT2D eigenvalue weighted by atomic mass is 32.2. The number of aryl methyl sites for hydroxylation is 2. The van der Waals surface area contributed by atoms with Crippen LogP contribution in [0, 0.1) is 13.8 Å². The lowest BCUT2D eigenvalue weighted by molar-refractivity contribution is -0.121. The van der Waals surface area contributed by atoms with Crippen LogP contribution in [0.4, 0.5) is 0 Å². The lowest BCUT2D eigenvalue weighted by atomic mass is 10.1. The number of amides is 1. The van der Waals surface area contributed by atoms with Crippen LogP contribution < -0.4 is 5.32 Å². The van der Waals surface area contributed by atoms with Crippen LogP contribution in [0.1, 0.15) is 39.4 Å². The number of thiophene rings is 1. The Bertz CT molecular complexity index is 665. The van der Waals surface area contributed by atoms with Gasteiger partial charge in [0.15, 0.2) is 5.78 Å². The predicted molar refractivity (Wildman–Crippen MR) is 92.5 cm³/mol. The molecule has 1 N–H and O–H groups in total. The molecule has 8 heteroatoms. The molecule has 0 bridgehead atoms. The van der Waals surface area contributed by atoms with E-state index in [1.54, 1.807) is 11.3 Å². The molecule has 1 aromatic heterocycles. The lowest BCUT2D eigenvalue weighted by Crippen LogP contribution is -2.31. The first-order valence-corrected chi connectivity index (χ1v) is 10.1. The maximum Gasteiger partial charge on any atom is 0.220 e. The van der Waals surface area contributed by atoms with Crippen molar-refractivity contribution in [3.05, 3.63) is 21.4 Å². The van der Waals surface area contributed by atoms with Crippen LogP contribution in [-0.4, -0.2) is 50.8 Å². The summed E-state index contributed by atoms with van der Waals surface area (Å²) < 4.78 is 23.6. The third-order valence-corrected chi connectivity index (χ3v) is 5.74. The van der Waals surface area contributed by atoms with E-state index in [0.717, 1.165) is 16.0 Å². The van der Waals surface area contributed by atoms with Crippen LogP contribution in [-0.2, 0) is 14.8 Å². The summed E-state index contributed by atoms with van der Waals surface area (Å²) in [6, 6.07) is 1.86. The Balaban J connectivity index is 2.27. The van der Waals surface area contributed by atoms with Gasteiger partial charge >= 0.3 is 0 Å². The van der Waals surface area contributed by atoms with Gasteiger partial charge in [-0.3, -0.25) is 9.59 Å². The van der Waals surface area contributed by atoms with Crippen LogP contribution >= 0.6 is 11.3 Å². The minimum atomic E-state index is -3.18. The highest BCUT2D eigenvalue weighted by molar-refractivity contribution is 7.88. The van der Waals surface area contributed by atoms with Gasteiger partial charge in [-0.1, -0.05) is 0 Å². The van der Waals surface area contributed by atoms with Crippen LogP contribution in [0.5, 0.6) is 0 Å². The number of ketones is 1. The average Bonchev–Trinajstić information content (AvgIpc) is 2.78. The first-order valence-electron chi connectivity index (χ1n) is 7.39. The maximum absolute atomic E-state index is 12.1. The summed E-state index contributed by atoms with van der Waals surface area (Å²) >= 11 is 1.58. The summed E-state index contributed by atoms with van der Waals surface area (Å²) in [5.41, 5.74) is 0.704. The molecule has 6 nitrogen and oxygen atoms in total. The number of sulfonamides is 1. The number of rotatable bonds is 9. The second kappa shape index (κ2) is 8.56. The van der Waals surface area contributed by atoms with Gasteiger partial charge in [-0.2, -0.15) is 0 Å². The summed E-state index contributed by atoms with van der Waals surface area (Å²) in [6.07, 6.45) is 2.01. The topological polar surface area (TPSA) is 83.6 Å². The Hall–Kier alpha value is -1.25. The van der Waals surface area contributed by atoms with Crippen LogP contribution in [0.2, 0.25) is 0 Å². The van der Waals surface area contributed by atoms with Gasteiger partial charge in [-0.15, -0.1) is 11.3 Å². The molecule has 0 aliphatic rings. The second-order valence-corrected chi connectivity index (χ2v) is 9.09. The molecule has 1 aromatic rings. The monoisotopic (exact) mass is 360 g/mol. The van der Waals surface area contributed by atoms with E-state index in [2.05, 4.69) is 5.32 Å². The van der Waals surface area contributed by atoms with Crippen molar-refractivity contribution in [2.24, 2.45) is 0 Å². The highest BCUT2D eigenvalue weighted by Crippen LogP contribution is 2.22. The summed E-state index contributed by atoms with van der Waals surface area (Å²) in [5.74, 6) is -0.205. The molecule has 1 heterocycles. The number of hydrogen-bond acceptors (Lipinski definition) is 5. The van der Waals surface area contributed by atoms with E-state index in [1.165, 1.54) is 11.4 Å². The quantitative estimate of drug-likeness (QED) is 0.537. The molecule has 1 amide bonds. The van der Waals surface area contributed by atoms with Crippen molar-refractivity contribution < 1.29 is 18.0 Å².